The third-order valence-electron chi connectivity index (χ3n) is 6.09. The molecular formula is C17H22N2O. The van der Waals surface area contributed by atoms with E-state index in [0.29, 0.717) is 16.9 Å². The fourth-order valence-electron chi connectivity index (χ4n) is 4.15. The summed E-state index contributed by atoms with van der Waals surface area (Å²) in [4.78, 5) is 4.43. The van der Waals surface area contributed by atoms with E-state index in [9.17, 15) is 5.26 Å². The van der Waals surface area contributed by atoms with Crippen LogP contribution in [0.25, 0.3) is 0 Å². The van der Waals surface area contributed by atoms with Crippen molar-refractivity contribution in [3.8, 4) is 11.9 Å². The Morgan fingerprint density at radius 2 is 2.10 bits per heavy atom. The summed E-state index contributed by atoms with van der Waals surface area (Å²) in [5.74, 6) is 1.25. The second-order valence-electron chi connectivity index (χ2n) is 7.13. The second-order valence-corrected chi connectivity index (χ2v) is 7.13. The van der Waals surface area contributed by atoms with E-state index in [1.165, 1.54) is 12.8 Å². The van der Waals surface area contributed by atoms with Gasteiger partial charge in [0.25, 0.3) is 0 Å². The van der Waals surface area contributed by atoms with Crippen LogP contribution in [0.1, 0.15) is 51.3 Å². The van der Waals surface area contributed by atoms with Crippen molar-refractivity contribution in [2.24, 2.45) is 16.7 Å². The van der Waals surface area contributed by atoms with Gasteiger partial charge in [0.1, 0.15) is 17.7 Å². The number of aryl methyl sites for hydroxylation is 1. The van der Waals surface area contributed by atoms with Gasteiger partial charge in [0.05, 0.1) is 0 Å². The molecule has 0 N–H and O–H groups in total. The molecule has 3 unspecified atom stereocenters. The zero-order valence-corrected chi connectivity index (χ0v) is 12.7. The summed E-state index contributed by atoms with van der Waals surface area (Å²) < 4.78 is 6.22. The molecule has 2 aliphatic rings. The van der Waals surface area contributed by atoms with Crippen molar-refractivity contribution in [1.82, 2.24) is 4.98 Å². The minimum Gasteiger partial charge on any atom is -0.473 e. The fourth-order valence-corrected chi connectivity index (χ4v) is 4.15. The number of rotatable bonds is 2. The predicted octanol–water partition coefficient (Wildman–Crippen LogP) is 3.86. The maximum atomic E-state index is 9.21. The van der Waals surface area contributed by atoms with Crippen LogP contribution in [0.15, 0.2) is 12.1 Å². The molecule has 0 aliphatic heterocycles. The lowest BCUT2D eigenvalue weighted by Gasteiger charge is -2.38. The van der Waals surface area contributed by atoms with E-state index in [1.807, 2.05) is 13.0 Å². The number of nitriles is 1. The molecule has 0 aromatic carbocycles. The minimum absolute atomic E-state index is 0.178. The van der Waals surface area contributed by atoms with Gasteiger partial charge in [0.15, 0.2) is 0 Å². The third-order valence-corrected chi connectivity index (χ3v) is 6.09. The lowest BCUT2D eigenvalue weighted by molar-refractivity contribution is 0.0270. The lowest BCUT2D eigenvalue weighted by atomic mass is 9.70. The van der Waals surface area contributed by atoms with Gasteiger partial charge in [-0.25, -0.2) is 4.98 Å². The molecule has 2 fully saturated rings. The van der Waals surface area contributed by atoms with Crippen molar-refractivity contribution in [3.05, 3.63) is 23.4 Å². The van der Waals surface area contributed by atoms with Gasteiger partial charge >= 0.3 is 0 Å². The maximum Gasteiger partial charge on any atom is 0.232 e. The van der Waals surface area contributed by atoms with E-state index in [-0.39, 0.29) is 11.5 Å². The highest BCUT2D eigenvalue weighted by Gasteiger charge is 2.62. The quantitative estimate of drug-likeness (QED) is 0.820. The van der Waals surface area contributed by atoms with Crippen LogP contribution in [0, 0.1) is 35.0 Å². The van der Waals surface area contributed by atoms with E-state index in [0.717, 1.165) is 18.0 Å². The predicted molar refractivity (Wildman–Crippen MR) is 77.3 cm³/mol. The Hall–Kier alpha value is -1.56. The first kappa shape index (κ1) is 13.4. The molecule has 3 heteroatoms. The van der Waals surface area contributed by atoms with Gasteiger partial charge in [-0.3, -0.25) is 0 Å². The van der Waals surface area contributed by atoms with Crippen LogP contribution >= 0.6 is 0 Å². The molecule has 0 amide bonds. The second kappa shape index (κ2) is 4.22. The summed E-state index contributed by atoms with van der Waals surface area (Å²) >= 11 is 0. The molecule has 0 spiro atoms. The van der Waals surface area contributed by atoms with E-state index in [4.69, 9.17) is 4.74 Å². The molecule has 3 nitrogen and oxygen atoms in total. The van der Waals surface area contributed by atoms with E-state index in [2.05, 4.69) is 31.8 Å². The number of nitrogens with zero attached hydrogens (tertiary/aromatic N) is 2. The molecule has 0 radical (unpaired) electrons. The molecule has 1 aromatic heterocycles. The van der Waals surface area contributed by atoms with Gasteiger partial charge in [-0.2, -0.15) is 5.26 Å². The number of aromatic nitrogens is 1. The first-order valence-corrected chi connectivity index (χ1v) is 7.43. The van der Waals surface area contributed by atoms with Gasteiger partial charge in [0, 0.05) is 11.1 Å². The van der Waals surface area contributed by atoms with Crippen molar-refractivity contribution in [3.63, 3.8) is 0 Å². The number of fused-ring (bicyclic) bond motifs is 2. The SMILES string of the molecule is Cc1ccc(C#N)c(OC2CC3CCC2(C)C3(C)C)n1. The highest BCUT2D eigenvalue weighted by atomic mass is 16.5. The van der Waals surface area contributed by atoms with Gasteiger partial charge in [0.2, 0.25) is 5.88 Å². The van der Waals surface area contributed by atoms with Crippen molar-refractivity contribution >= 4 is 0 Å². The van der Waals surface area contributed by atoms with Gasteiger partial charge < -0.3 is 4.74 Å². The molecule has 1 aromatic rings. The first-order chi connectivity index (χ1) is 9.38. The molecule has 3 atom stereocenters. The highest BCUT2D eigenvalue weighted by molar-refractivity contribution is 5.39. The van der Waals surface area contributed by atoms with Crippen LogP contribution in [0.5, 0.6) is 5.88 Å². The van der Waals surface area contributed by atoms with Crippen molar-refractivity contribution < 1.29 is 4.74 Å². The average Bonchev–Trinajstić information content (AvgIpc) is 2.72. The van der Waals surface area contributed by atoms with E-state index < -0.39 is 0 Å². The Bertz CT molecular complexity index is 587. The van der Waals surface area contributed by atoms with Crippen LogP contribution in [-0.4, -0.2) is 11.1 Å². The van der Waals surface area contributed by atoms with Gasteiger partial charge in [-0.1, -0.05) is 20.8 Å². The average molecular weight is 270 g/mol. The Kier molecular flexibility index (Phi) is 2.83. The summed E-state index contributed by atoms with van der Waals surface area (Å²) in [7, 11) is 0. The van der Waals surface area contributed by atoms with E-state index in [1.54, 1.807) is 6.07 Å². The monoisotopic (exact) mass is 270 g/mol. The Balaban J connectivity index is 1.91. The summed E-state index contributed by atoms with van der Waals surface area (Å²) in [5, 5.41) is 9.21. The van der Waals surface area contributed by atoms with Crippen LogP contribution < -0.4 is 4.74 Å². The lowest BCUT2D eigenvalue weighted by Crippen LogP contribution is -2.39. The summed E-state index contributed by atoms with van der Waals surface area (Å²) in [6, 6.07) is 5.85. The highest BCUT2D eigenvalue weighted by Crippen LogP contribution is 2.66. The molecule has 106 valence electrons. The number of hydrogen-bond acceptors (Lipinski definition) is 3. The molecule has 2 aliphatic carbocycles. The molecule has 1 heterocycles. The van der Waals surface area contributed by atoms with Gasteiger partial charge in [-0.05, 0) is 49.7 Å². The van der Waals surface area contributed by atoms with Crippen molar-refractivity contribution in [2.45, 2.75) is 53.1 Å². The van der Waals surface area contributed by atoms with E-state index >= 15 is 0 Å². The standard InChI is InChI=1S/C17H22N2O/c1-11-5-6-12(10-18)15(19-11)20-14-9-13-7-8-17(14,4)16(13,2)3/h5-6,13-14H,7-9H2,1-4H3. The summed E-state index contributed by atoms with van der Waals surface area (Å²) in [6.45, 7) is 9.00. The summed E-state index contributed by atoms with van der Waals surface area (Å²) in [6.07, 6.45) is 3.78. The number of hydrogen-bond donors (Lipinski definition) is 0. The van der Waals surface area contributed by atoms with Gasteiger partial charge in [-0.15, -0.1) is 0 Å². The maximum absolute atomic E-state index is 9.21. The Labute approximate surface area is 121 Å². The smallest absolute Gasteiger partial charge is 0.232 e. The third kappa shape index (κ3) is 1.67. The molecule has 2 saturated carbocycles. The normalized spacial score (nSPS) is 34.0. The Morgan fingerprint density at radius 3 is 2.65 bits per heavy atom. The largest absolute Gasteiger partial charge is 0.473 e. The summed E-state index contributed by atoms with van der Waals surface area (Å²) in [5.41, 5.74) is 1.94. The molecule has 3 rings (SSSR count). The minimum atomic E-state index is 0.178. The first-order valence-electron chi connectivity index (χ1n) is 7.43. The molecular weight excluding hydrogens is 248 g/mol. The zero-order valence-electron chi connectivity index (χ0n) is 12.7. The van der Waals surface area contributed by atoms with Crippen molar-refractivity contribution in [1.29, 1.82) is 5.26 Å². The number of pyridine rings is 1. The Morgan fingerprint density at radius 1 is 1.35 bits per heavy atom. The fraction of sp³-hybridized carbons (Fsp3) is 0.647. The van der Waals surface area contributed by atoms with Crippen LogP contribution in [-0.2, 0) is 0 Å². The molecule has 2 bridgehead atoms. The number of ether oxygens (including phenoxy) is 1. The molecule has 0 saturated heterocycles. The van der Waals surface area contributed by atoms with Crippen LogP contribution in [0.2, 0.25) is 0 Å². The van der Waals surface area contributed by atoms with Crippen molar-refractivity contribution in [2.75, 3.05) is 0 Å². The van der Waals surface area contributed by atoms with Crippen LogP contribution in [0.3, 0.4) is 0 Å². The molecule has 20 heavy (non-hydrogen) atoms. The topological polar surface area (TPSA) is 45.9 Å². The zero-order chi connectivity index (χ0) is 14.5. The van der Waals surface area contributed by atoms with Crippen LogP contribution in [0.4, 0.5) is 0 Å².